The zero-order valence-electron chi connectivity index (χ0n) is 18.7. The summed E-state index contributed by atoms with van der Waals surface area (Å²) in [6.45, 7) is 1.74. The van der Waals surface area contributed by atoms with E-state index < -0.39 is 15.8 Å². The molecule has 0 aromatic heterocycles. The van der Waals surface area contributed by atoms with Crippen LogP contribution in [0.15, 0.2) is 56.7 Å². The first-order valence-corrected chi connectivity index (χ1v) is 14.7. The predicted molar refractivity (Wildman–Crippen MR) is 133 cm³/mol. The molecular weight excluding hydrogens is 540 g/mol. The molecule has 5 rings (SSSR count). The van der Waals surface area contributed by atoms with Crippen LogP contribution in [0.5, 0.6) is 0 Å². The third kappa shape index (κ3) is 5.22. The third-order valence-electron chi connectivity index (χ3n) is 6.38. The number of hydrogen-bond acceptors (Lipinski definition) is 6. The van der Waals surface area contributed by atoms with Gasteiger partial charge in [0.25, 0.3) is 5.91 Å². The number of sulfonamides is 1. The van der Waals surface area contributed by atoms with Crippen molar-refractivity contribution in [3.63, 3.8) is 0 Å². The number of nitrogens with zero attached hydrogens (tertiary/aromatic N) is 1. The minimum Gasteiger partial charge on any atom is -0.349 e. The number of rotatable bonds is 7. The molecule has 0 radical (unpaired) electrons. The van der Waals surface area contributed by atoms with Gasteiger partial charge in [0.1, 0.15) is 0 Å². The molecule has 3 fully saturated rings. The Hall–Kier alpha value is -1.43. The molecule has 2 aliphatic heterocycles. The topological polar surface area (TPSA) is 84.9 Å². The number of ether oxygens (including phenoxy) is 2. The lowest BCUT2D eigenvalue weighted by atomic mass is 10.1. The van der Waals surface area contributed by atoms with Crippen LogP contribution < -0.4 is 5.32 Å². The van der Waals surface area contributed by atoms with Gasteiger partial charge in [-0.25, -0.2) is 8.42 Å². The highest BCUT2D eigenvalue weighted by molar-refractivity contribution is 9.10. The second-order valence-electron chi connectivity index (χ2n) is 8.80. The lowest BCUT2D eigenvalue weighted by Crippen LogP contribution is -2.47. The predicted octanol–water partition coefficient (Wildman–Crippen LogP) is 4.16. The average molecular weight is 568 g/mol. The summed E-state index contributed by atoms with van der Waals surface area (Å²) in [5.41, 5.74) is 1.51. The van der Waals surface area contributed by atoms with Crippen molar-refractivity contribution in [2.24, 2.45) is 0 Å². The van der Waals surface area contributed by atoms with E-state index in [2.05, 4.69) is 21.2 Å². The molecule has 182 valence electrons. The molecule has 10 heteroatoms. The van der Waals surface area contributed by atoms with Crippen molar-refractivity contribution in [3.05, 3.63) is 58.1 Å². The highest BCUT2D eigenvalue weighted by atomic mass is 79.9. The van der Waals surface area contributed by atoms with E-state index in [0.29, 0.717) is 50.5 Å². The van der Waals surface area contributed by atoms with Crippen LogP contribution in [-0.2, 0) is 25.2 Å². The normalized spacial score (nSPS) is 20.5. The molecule has 2 aromatic rings. The highest BCUT2D eigenvalue weighted by Gasteiger charge is 2.42. The number of benzene rings is 2. The Labute approximate surface area is 212 Å². The van der Waals surface area contributed by atoms with E-state index in [1.165, 1.54) is 22.1 Å². The first-order valence-electron chi connectivity index (χ1n) is 11.5. The molecule has 2 aromatic carbocycles. The van der Waals surface area contributed by atoms with E-state index in [1.54, 1.807) is 12.1 Å². The maximum Gasteiger partial charge on any atom is 0.252 e. The summed E-state index contributed by atoms with van der Waals surface area (Å²) < 4.78 is 40.8. The fourth-order valence-electron chi connectivity index (χ4n) is 4.24. The van der Waals surface area contributed by atoms with Crippen LogP contribution in [0.25, 0.3) is 0 Å². The summed E-state index contributed by atoms with van der Waals surface area (Å²) in [4.78, 5) is 13.9. The number of nitrogens with one attached hydrogen (secondary N) is 1. The fraction of sp³-hybridized carbons (Fsp3) is 0.458. The van der Waals surface area contributed by atoms with Gasteiger partial charge in [0, 0.05) is 47.1 Å². The lowest BCUT2D eigenvalue weighted by Gasteiger charge is -2.36. The van der Waals surface area contributed by atoms with Crippen molar-refractivity contribution in [2.75, 3.05) is 26.3 Å². The Morgan fingerprint density at radius 2 is 1.82 bits per heavy atom. The lowest BCUT2D eigenvalue weighted by molar-refractivity contribution is -0.179. The van der Waals surface area contributed by atoms with Gasteiger partial charge in [0.05, 0.1) is 23.7 Å². The van der Waals surface area contributed by atoms with Crippen molar-refractivity contribution < 1.29 is 22.7 Å². The van der Waals surface area contributed by atoms with Crippen LogP contribution in [-0.4, -0.2) is 56.8 Å². The molecule has 3 aliphatic rings. The van der Waals surface area contributed by atoms with E-state index in [9.17, 15) is 13.2 Å². The van der Waals surface area contributed by atoms with Gasteiger partial charge >= 0.3 is 0 Å². The Bertz CT molecular complexity index is 1170. The number of piperidine rings is 1. The Morgan fingerprint density at radius 3 is 2.50 bits per heavy atom. The maximum absolute atomic E-state index is 13.4. The van der Waals surface area contributed by atoms with Crippen molar-refractivity contribution in [2.45, 2.75) is 53.1 Å². The van der Waals surface area contributed by atoms with Gasteiger partial charge in [-0.2, -0.15) is 4.31 Å². The summed E-state index contributed by atoms with van der Waals surface area (Å²) in [5.74, 6) is -0.210. The van der Waals surface area contributed by atoms with Gasteiger partial charge in [-0.05, 0) is 42.7 Å². The number of amides is 1. The molecule has 0 bridgehead atoms. The van der Waals surface area contributed by atoms with Gasteiger partial charge in [-0.3, -0.25) is 4.79 Å². The maximum atomic E-state index is 13.4. The minimum atomic E-state index is -3.74. The summed E-state index contributed by atoms with van der Waals surface area (Å²) in [6.07, 6.45) is 2.92. The van der Waals surface area contributed by atoms with E-state index in [0.717, 1.165) is 27.8 Å². The zero-order chi connectivity index (χ0) is 23.8. The van der Waals surface area contributed by atoms with Gasteiger partial charge in [0.15, 0.2) is 5.79 Å². The average Bonchev–Trinajstić information content (AvgIpc) is 3.55. The van der Waals surface area contributed by atoms with Crippen LogP contribution in [0.3, 0.4) is 0 Å². The SMILES string of the molecule is O=C(NC1CC1)c1cc(S(=O)(=O)N2CCC3(CC2)OCCO3)ccc1SCc1ccccc1Br. The molecule has 0 atom stereocenters. The molecular formula is C24H27BrN2O5S2. The van der Waals surface area contributed by atoms with E-state index >= 15 is 0 Å². The van der Waals surface area contributed by atoms with Crippen LogP contribution >= 0.6 is 27.7 Å². The molecule has 1 saturated carbocycles. The number of carbonyl (C=O) groups excluding carboxylic acids is 1. The summed E-state index contributed by atoms with van der Waals surface area (Å²) in [6, 6.07) is 13.0. The summed E-state index contributed by atoms with van der Waals surface area (Å²) in [5, 5.41) is 3.01. The summed E-state index contributed by atoms with van der Waals surface area (Å²) >= 11 is 5.09. The Morgan fingerprint density at radius 1 is 1.12 bits per heavy atom. The van der Waals surface area contributed by atoms with Crippen LogP contribution in [0.4, 0.5) is 0 Å². The quantitative estimate of drug-likeness (QED) is 0.506. The van der Waals surface area contributed by atoms with Gasteiger partial charge in [-0.1, -0.05) is 34.1 Å². The third-order valence-corrected chi connectivity index (χ3v) is 10.2. The Balaban J connectivity index is 1.37. The molecule has 1 aliphatic carbocycles. The van der Waals surface area contributed by atoms with Gasteiger partial charge < -0.3 is 14.8 Å². The molecule has 1 amide bonds. The summed E-state index contributed by atoms with van der Waals surface area (Å²) in [7, 11) is -3.74. The zero-order valence-corrected chi connectivity index (χ0v) is 21.9. The smallest absolute Gasteiger partial charge is 0.252 e. The van der Waals surface area contributed by atoms with Crippen LogP contribution in [0.2, 0.25) is 0 Å². The molecule has 2 heterocycles. The fourth-order valence-corrected chi connectivity index (χ4v) is 7.35. The largest absolute Gasteiger partial charge is 0.349 e. The van der Waals surface area contributed by atoms with E-state index in [-0.39, 0.29) is 16.8 Å². The van der Waals surface area contributed by atoms with Crippen LogP contribution in [0.1, 0.15) is 41.6 Å². The number of hydrogen-bond donors (Lipinski definition) is 1. The molecule has 34 heavy (non-hydrogen) atoms. The number of carbonyl (C=O) groups is 1. The van der Waals surface area contributed by atoms with Crippen molar-refractivity contribution >= 4 is 43.6 Å². The second-order valence-corrected chi connectivity index (χ2v) is 12.6. The van der Waals surface area contributed by atoms with E-state index in [4.69, 9.17) is 9.47 Å². The van der Waals surface area contributed by atoms with Gasteiger partial charge in [-0.15, -0.1) is 11.8 Å². The van der Waals surface area contributed by atoms with Crippen molar-refractivity contribution in [1.29, 1.82) is 0 Å². The molecule has 1 spiro atoms. The number of halogens is 1. The monoisotopic (exact) mass is 566 g/mol. The van der Waals surface area contributed by atoms with Gasteiger partial charge in [0.2, 0.25) is 10.0 Å². The van der Waals surface area contributed by atoms with Crippen LogP contribution in [0, 0.1) is 0 Å². The Kier molecular flexibility index (Phi) is 7.07. The van der Waals surface area contributed by atoms with Crippen molar-refractivity contribution in [3.8, 4) is 0 Å². The first kappa shape index (κ1) is 24.3. The van der Waals surface area contributed by atoms with E-state index in [1.807, 2.05) is 24.3 Å². The molecule has 2 saturated heterocycles. The standard InChI is InChI=1S/C24H27BrN2O5S2/c25-21-4-2-1-3-17(21)16-33-22-8-7-19(15-20(22)23(28)26-18-5-6-18)34(29,30)27-11-9-24(10-12-27)31-13-14-32-24/h1-4,7-8,15,18H,5-6,9-14,16H2,(H,26,28). The molecule has 7 nitrogen and oxygen atoms in total. The minimum absolute atomic E-state index is 0.142. The molecule has 1 N–H and O–H groups in total. The number of thioether (sulfide) groups is 1. The molecule has 0 unspecified atom stereocenters. The highest BCUT2D eigenvalue weighted by Crippen LogP contribution is 2.35. The first-order chi connectivity index (χ1) is 16.4. The van der Waals surface area contributed by atoms with Crippen molar-refractivity contribution in [1.82, 2.24) is 9.62 Å². The second kappa shape index (κ2) is 9.91.